The number of hydrogen-bond donors (Lipinski definition) is 3. The summed E-state index contributed by atoms with van der Waals surface area (Å²) >= 11 is 0. The molecule has 0 bridgehead atoms. The summed E-state index contributed by atoms with van der Waals surface area (Å²) in [6.07, 6.45) is 4.20. The van der Waals surface area contributed by atoms with Gasteiger partial charge in [0.15, 0.2) is 0 Å². The molecular formula is C28H26ClN5O. The van der Waals surface area contributed by atoms with Crippen LogP contribution in [0.3, 0.4) is 0 Å². The highest BCUT2D eigenvalue weighted by molar-refractivity contribution is 6.02. The van der Waals surface area contributed by atoms with E-state index in [1.165, 1.54) is 5.39 Å². The van der Waals surface area contributed by atoms with Crippen molar-refractivity contribution in [2.75, 3.05) is 26.2 Å². The van der Waals surface area contributed by atoms with Crippen molar-refractivity contribution in [2.24, 2.45) is 9.98 Å². The maximum absolute atomic E-state index is 6.00. The van der Waals surface area contributed by atoms with E-state index in [4.69, 9.17) is 4.74 Å². The van der Waals surface area contributed by atoms with Gasteiger partial charge in [-0.15, -0.1) is 12.4 Å². The van der Waals surface area contributed by atoms with Gasteiger partial charge < -0.3 is 20.4 Å². The van der Waals surface area contributed by atoms with E-state index in [-0.39, 0.29) is 12.4 Å². The van der Waals surface area contributed by atoms with Crippen molar-refractivity contribution in [1.29, 1.82) is 0 Å². The number of nitrogens with zero attached hydrogens (tertiary/aromatic N) is 2. The Morgan fingerprint density at radius 2 is 1.31 bits per heavy atom. The second-order valence-corrected chi connectivity index (χ2v) is 8.37. The zero-order chi connectivity index (χ0) is 22.7. The van der Waals surface area contributed by atoms with E-state index in [1.807, 2.05) is 36.4 Å². The molecular weight excluding hydrogens is 458 g/mol. The molecule has 0 unspecified atom stereocenters. The molecule has 4 aromatic rings. The molecule has 35 heavy (non-hydrogen) atoms. The van der Waals surface area contributed by atoms with Crippen LogP contribution in [0.25, 0.3) is 23.1 Å². The van der Waals surface area contributed by atoms with Gasteiger partial charge in [0, 0.05) is 40.8 Å². The number of amidine groups is 2. The van der Waals surface area contributed by atoms with E-state index in [2.05, 4.69) is 74.2 Å². The van der Waals surface area contributed by atoms with Gasteiger partial charge in [-0.1, -0.05) is 30.3 Å². The lowest BCUT2D eigenvalue weighted by Crippen LogP contribution is -2.19. The Morgan fingerprint density at radius 1 is 0.686 bits per heavy atom. The average Bonchev–Trinajstić information content (AvgIpc) is 3.65. The molecule has 6 rings (SSSR count). The third-order valence-corrected chi connectivity index (χ3v) is 5.96. The largest absolute Gasteiger partial charge is 0.457 e. The molecule has 0 saturated heterocycles. The Kier molecular flexibility index (Phi) is 6.55. The number of hydrogen-bond acceptors (Lipinski definition) is 5. The predicted octanol–water partition coefficient (Wildman–Crippen LogP) is 5.25. The van der Waals surface area contributed by atoms with Crippen LogP contribution in [0.1, 0.15) is 22.4 Å². The van der Waals surface area contributed by atoms with Crippen LogP contribution in [0.5, 0.6) is 11.5 Å². The number of aliphatic imine (C=N–C) groups is 2. The van der Waals surface area contributed by atoms with E-state index in [0.717, 1.165) is 77.3 Å². The zero-order valence-corrected chi connectivity index (χ0v) is 19.9. The molecule has 6 nitrogen and oxygen atoms in total. The smallest absolute Gasteiger partial charge is 0.128 e. The normalized spacial score (nSPS) is 14.9. The van der Waals surface area contributed by atoms with Crippen LogP contribution < -0.4 is 15.4 Å². The fourth-order valence-corrected chi connectivity index (χ4v) is 4.22. The molecule has 0 saturated carbocycles. The van der Waals surface area contributed by atoms with Gasteiger partial charge in [0.05, 0.1) is 13.1 Å². The third kappa shape index (κ3) is 5.08. The minimum Gasteiger partial charge on any atom is -0.457 e. The molecule has 0 aliphatic carbocycles. The maximum Gasteiger partial charge on any atom is 0.128 e. The summed E-state index contributed by atoms with van der Waals surface area (Å²) in [5.41, 5.74) is 5.49. The number of nitrogens with one attached hydrogen (secondary N) is 3. The number of aromatic nitrogens is 1. The summed E-state index contributed by atoms with van der Waals surface area (Å²) in [5, 5.41) is 7.80. The lowest BCUT2D eigenvalue weighted by molar-refractivity contribution is 0.482. The topological polar surface area (TPSA) is 73.8 Å². The molecule has 0 fully saturated rings. The van der Waals surface area contributed by atoms with Crippen LogP contribution in [0.15, 0.2) is 82.8 Å². The van der Waals surface area contributed by atoms with Gasteiger partial charge in [-0.2, -0.15) is 0 Å². The average molecular weight is 484 g/mol. The van der Waals surface area contributed by atoms with E-state index in [1.54, 1.807) is 0 Å². The van der Waals surface area contributed by atoms with Crippen LogP contribution in [0.2, 0.25) is 0 Å². The number of ether oxygens (including phenoxy) is 1. The highest BCUT2D eigenvalue weighted by Crippen LogP contribution is 2.24. The van der Waals surface area contributed by atoms with Crippen molar-refractivity contribution in [3.05, 3.63) is 95.2 Å². The summed E-state index contributed by atoms with van der Waals surface area (Å²) in [4.78, 5) is 12.5. The number of halogens is 1. The fourth-order valence-electron chi connectivity index (χ4n) is 4.22. The van der Waals surface area contributed by atoms with Gasteiger partial charge in [-0.3, -0.25) is 9.98 Å². The molecule has 0 spiro atoms. The Bertz CT molecular complexity index is 1420. The molecule has 1 aromatic heterocycles. The molecule has 3 aromatic carbocycles. The summed E-state index contributed by atoms with van der Waals surface area (Å²) in [6, 6.07) is 24.7. The van der Waals surface area contributed by atoms with E-state index < -0.39 is 0 Å². The molecule has 7 heteroatoms. The molecule has 3 heterocycles. The summed E-state index contributed by atoms with van der Waals surface area (Å²) < 4.78 is 6.00. The monoisotopic (exact) mass is 483 g/mol. The lowest BCUT2D eigenvalue weighted by atomic mass is 10.1. The first-order valence-corrected chi connectivity index (χ1v) is 11.6. The van der Waals surface area contributed by atoms with Gasteiger partial charge in [0.1, 0.15) is 23.2 Å². The molecule has 176 valence electrons. The van der Waals surface area contributed by atoms with Crippen molar-refractivity contribution in [3.8, 4) is 11.5 Å². The standard InChI is InChI=1S/C28H25N5O.ClH/c1(8-23-17-21-4-5-22(18-26(21)33-23)28-31-15-16-32-28)19-2-9-24(10-3-19)34-25-11-6-20(7-12-25)27-29-13-14-30-27;/h1-12,17-18,33H,13-16H2,(H,29,30)(H,31,32);1H/b8-1+;. The van der Waals surface area contributed by atoms with E-state index >= 15 is 0 Å². The molecule has 2 aliphatic rings. The molecule has 0 atom stereocenters. The predicted molar refractivity (Wildman–Crippen MR) is 146 cm³/mol. The van der Waals surface area contributed by atoms with Gasteiger partial charge >= 0.3 is 0 Å². The number of benzene rings is 3. The van der Waals surface area contributed by atoms with Crippen molar-refractivity contribution in [2.45, 2.75) is 0 Å². The van der Waals surface area contributed by atoms with Crippen molar-refractivity contribution in [3.63, 3.8) is 0 Å². The molecule has 0 amide bonds. The zero-order valence-electron chi connectivity index (χ0n) is 19.1. The van der Waals surface area contributed by atoms with Crippen LogP contribution in [-0.4, -0.2) is 42.8 Å². The molecule has 0 radical (unpaired) electrons. The first-order chi connectivity index (χ1) is 16.8. The second kappa shape index (κ2) is 10.1. The van der Waals surface area contributed by atoms with Crippen molar-refractivity contribution < 1.29 is 4.74 Å². The molecule has 2 aliphatic heterocycles. The Morgan fingerprint density at radius 3 is 1.97 bits per heavy atom. The van der Waals surface area contributed by atoms with Crippen molar-refractivity contribution >= 4 is 47.1 Å². The number of aromatic amines is 1. The number of rotatable bonds is 6. The third-order valence-electron chi connectivity index (χ3n) is 5.96. The maximum atomic E-state index is 6.00. The highest BCUT2D eigenvalue weighted by atomic mass is 35.5. The quantitative estimate of drug-likeness (QED) is 0.350. The van der Waals surface area contributed by atoms with Crippen LogP contribution in [-0.2, 0) is 0 Å². The van der Waals surface area contributed by atoms with Crippen LogP contribution in [0.4, 0.5) is 0 Å². The van der Waals surface area contributed by atoms with Gasteiger partial charge in [-0.05, 0) is 60.2 Å². The Balaban J connectivity index is 0.00000253. The van der Waals surface area contributed by atoms with E-state index in [9.17, 15) is 0 Å². The summed E-state index contributed by atoms with van der Waals surface area (Å²) in [7, 11) is 0. The highest BCUT2D eigenvalue weighted by Gasteiger charge is 2.10. The number of fused-ring (bicyclic) bond motifs is 1. The Hall–Kier alpha value is -4.03. The van der Waals surface area contributed by atoms with Gasteiger partial charge in [0.25, 0.3) is 0 Å². The molecule has 3 N–H and O–H groups in total. The minimum absolute atomic E-state index is 0. The van der Waals surface area contributed by atoms with Crippen LogP contribution in [0, 0.1) is 0 Å². The van der Waals surface area contributed by atoms with Gasteiger partial charge in [0.2, 0.25) is 0 Å². The number of H-pyrrole nitrogens is 1. The first kappa shape index (κ1) is 22.7. The fraction of sp³-hybridized carbons (Fsp3) is 0.143. The minimum atomic E-state index is 0. The summed E-state index contributed by atoms with van der Waals surface area (Å²) in [5.74, 6) is 3.55. The summed E-state index contributed by atoms with van der Waals surface area (Å²) in [6.45, 7) is 3.50. The second-order valence-electron chi connectivity index (χ2n) is 8.37. The first-order valence-electron chi connectivity index (χ1n) is 11.6. The van der Waals surface area contributed by atoms with Crippen LogP contribution >= 0.6 is 12.4 Å². The van der Waals surface area contributed by atoms with Gasteiger partial charge in [-0.25, -0.2) is 0 Å². The lowest BCUT2D eigenvalue weighted by Gasteiger charge is -2.07. The van der Waals surface area contributed by atoms with Crippen molar-refractivity contribution in [1.82, 2.24) is 15.6 Å². The Labute approximate surface area is 210 Å². The SMILES string of the molecule is C(=C\c1cc2ccc(C3=NCCN3)cc2[nH]1)/c1ccc(Oc2ccc(C3=NCCN3)cc2)cc1.Cl. The van der Waals surface area contributed by atoms with E-state index in [0.29, 0.717) is 0 Å².